The Balaban J connectivity index is 1.26. The first-order valence-electron chi connectivity index (χ1n) is 10.5. The lowest BCUT2D eigenvalue weighted by Crippen LogP contribution is -2.35. The Hall–Kier alpha value is -3.60. The van der Waals surface area contributed by atoms with Crippen molar-refractivity contribution in [3.05, 3.63) is 56.7 Å². The maximum atomic E-state index is 12.8. The number of rotatable bonds is 5. The summed E-state index contributed by atoms with van der Waals surface area (Å²) in [5, 5.41) is 3.21. The smallest absolute Gasteiger partial charge is 0.415 e. The highest BCUT2D eigenvalue weighted by molar-refractivity contribution is 8.00. The summed E-state index contributed by atoms with van der Waals surface area (Å²) in [7, 11) is 0. The molecule has 11 heteroatoms. The molecule has 170 valence electrons. The minimum absolute atomic E-state index is 0.131. The molecule has 3 aromatic rings. The van der Waals surface area contributed by atoms with Crippen LogP contribution in [0.3, 0.4) is 0 Å². The molecule has 4 heterocycles. The van der Waals surface area contributed by atoms with Gasteiger partial charge in [0.25, 0.3) is 5.56 Å². The molecule has 1 atom stereocenters. The molecule has 1 fully saturated rings. The maximum Gasteiger partial charge on any atom is 0.415 e. The number of H-pyrrole nitrogens is 1. The third kappa shape index (κ3) is 3.99. The molecule has 0 spiro atoms. The van der Waals surface area contributed by atoms with E-state index in [2.05, 4.69) is 15.3 Å². The van der Waals surface area contributed by atoms with Gasteiger partial charge in [-0.05, 0) is 43.5 Å². The molecule has 0 aliphatic carbocycles. The zero-order valence-electron chi connectivity index (χ0n) is 17.8. The minimum Gasteiger partial charge on any atom is -0.444 e. The van der Waals surface area contributed by atoms with Crippen LogP contribution >= 0.6 is 11.8 Å². The van der Waals surface area contributed by atoms with Gasteiger partial charge in [0.05, 0.1) is 28.1 Å². The topological polar surface area (TPSA) is 126 Å². The molecular weight excluding hydrogens is 446 g/mol. The van der Waals surface area contributed by atoms with Gasteiger partial charge in [-0.3, -0.25) is 19.1 Å². The van der Waals surface area contributed by atoms with Crippen LogP contribution in [0.1, 0.15) is 18.4 Å². The fourth-order valence-corrected chi connectivity index (χ4v) is 4.87. The van der Waals surface area contributed by atoms with Crippen LogP contribution in [0.4, 0.5) is 16.4 Å². The molecular formula is C22H21N5O5S. The van der Waals surface area contributed by atoms with E-state index in [1.165, 1.54) is 21.2 Å². The van der Waals surface area contributed by atoms with Crippen LogP contribution in [0.2, 0.25) is 0 Å². The average Bonchev–Trinajstić information content (AvgIpc) is 3.15. The van der Waals surface area contributed by atoms with E-state index in [0.717, 1.165) is 10.5 Å². The molecule has 2 aliphatic heterocycles. The fourth-order valence-electron chi connectivity index (χ4n) is 4.11. The van der Waals surface area contributed by atoms with Crippen LogP contribution in [0.25, 0.3) is 10.9 Å². The predicted molar refractivity (Wildman–Crippen MR) is 124 cm³/mol. The molecule has 33 heavy (non-hydrogen) atoms. The number of thioether (sulfide) groups is 1. The highest BCUT2D eigenvalue weighted by Gasteiger charge is 2.33. The number of nitrogens with one attached hydrogen (secondary N) is 2. The summed E-state index contributed by atoms with van der Waals surface area (Å²) >= 11 is 1.40. The molecule has 2 amide bonds. The molecule has 0 saturated carbocycles. The van der Waals surface area contributed by atoms with E-state index in [0.29, 0.717) is 47.7 Å². The van der Waals surface area contributed by atoms with Gasteiger partial charge in [-0.2, -0.15) is 0 Å². The number of amides is 2. The third-order valence-electron chi connectivity index (χ3n) is 5.74. The molecule has 2 N–H and O–H groups in total. The summed E-state index contributed by atoms with van der Waals surface area (Å²) in [6.07, 6.45) is 0.0587. The lowest BCUT2D eigenvalue weighted by Gasteiger charge is -2.18. The molecule has 2 aromatic heterocycles. The first-order valence-corrected chi connectivity index (χ1v) is 11.5. The van der Waals surface area contributed by atoms with Crippen LogP contribution in [0.5, 0.6) is 0 Å². The molecule has 10 nitrogen and oxygen atoms in total. The first-order chi connectivity index (χ1) is 15.9. The van der Waals surface area contributed by atoms with Gasteiger partial charge < -0.3 is 15.0 Å². The Bertz CT molecular complexity index is 1400. The zero-order chi connectivity index (χ0) is 23.1. The van der Waals surface area contributed by atoms with Crippen molar-refractivity contribution >= 4 is 46.3 Å². The Morgan fingerprint density at radius 3 is 2.88 bits per heavy atom. The Labute approximate surface area is 192 Å². The molecule has 0 bridgehead atoms. The number of nitrogens with zero attached hydrogens (tertiary/aromatic N) is 3. The van der Waals surface area contributed by atoms with Crippen molar-refractivity contribution in [2.45, 2.75) is 37.3 Å². The number of anilines is 2. The number of aromatic nitrogens is 3. The highest BCUT2D eigenvalue weighted by atomic mass is 32.2. The van der Waals surface area contributed by atoms with Gasteiger partial charge in [-0.15, -0.1) is 11.8 Å². The van der Waals surface area contributed by atoms with Crippen molar-refractivity contribution in [1.82, 2.24) is 14.5 Å². The van der Waals surface area contributed by atoms with Crippen LogP contribution < -0.4 is 21.5 Å². The molecule has 1 saturated heterocycles. The van der Waals surface area contributed by atoms with E-state index in [4.69, 9.17) is 4.74 Å². The van der Waals surface area contributed by atoms with E-state index in [9.17, 15) is 19.2 Å². The number of aryl methyl sites for hydroxylation is 1. The van der Waals surface area contributed by atoms with E-state index >= 15 is 0 Å². The predicted octanol–water partition coefficient (Wildman–Crippen LogP) is 2.24. The number of carbonyl (C=O) groups is 2. The summed E-state index contributed by atoms with van der Waals surface area (Å²) in [5.41, 5.74) is 0.542. The normalized spacial score (nSPS) is 17.7. The third-order valence-corrected chi connectivity index (χ3v) is 6.78. The first kappa shape index (κ1) is 21.3. The molecule has 0 radical (unpaired) electrons. The van der Waals surface area contributed by atoms with Gasteiger partial charge in [0.2, 0.25) is 5.91 Å². The van der Waals surface area contributed by atoms with Crippen LogP contribution in [0.15, 0.2) is 44.8 Å². The van der Waals surface area contributed by atoms with Crippen molar-refractivity contribution in [2.75, 3.05) is 22.5 Å². The molecule has 1 unspecified atom stereocenters. The zero-order valence-corrected chi connectivity index (χ0v) is 18.6. The number of aromatic amines is 1. The van der Waals surface area contributed by atoms with Gasteiger partial charge in [-0.1, -0.05) is 12.1 Å². The van der Waals surface area contributed by atoms with Crippen molar-refractivity contribution < 1.29 is 14.3 Å². The number of fused-ring (bicyclic) bond motifs is 2. The maximum absolute atomic E-state index is 12.8. The summed E-state index contributed by atoms with van der Waals surface area (Å²) in [5.74, 6) is 1.05. The van der Waals surface area contributed by atoms with Crippen LogP contribution in [-0.2, 0) is 16.1 Å². The van der Waals surface area contributed by atoms with Gasteiger partial charge >= 0.3 is 11.8 Å². The van der Waals surface area contributed by atoms with Crippen LogP contribution in [-0.4, -0.2) is 44.9 Å². The molecule has 1 aromatic carbocycles. The lowest BCUT2D eigenvalue weighted by molar-refractivity contribution is -0.113. The quantitative estimate of drug-likeness (QED) is 0.589. The Morgan fingerprint density at radius 2 is 2.03 bits per heavy atom. The summed E-state index contributed by atoms with van der Waals surface area (Å²) in [6, 6.07) is 8.88. The summed E-state index contributed by atoms with van der Waals surface area (Å²) in [6.45, 7) is 2.35. The molecule has 2 aliphatic rings. The van der Waals surface area contributed by atoms with Crippen molar-refractivity contribution in [1.29, 1.82) is 0 Å². The number of cyclic esters (lactones) is 1. The van der Waals surface area contributed by atoms with Crippen molar-refractivity contribution in [2.24, 2.45) is 0 Å². The van der Waals surface area contributed by atoms with Gasteiger partial charge in [0.1, 0.15) is 17.7 Å². The second kappa shape index (κ2) is 8.39. The standard InChI is InChI=1S/C22H21N5O5S/c1-12-4-2-6-14-18(12)20(29)26(21(30)23-14)9-3-5-13-10-27(22(31)32-13)16-8-7-15-19(24-16)25-17(28)11-33-15/h2,4,6-8,13H,3,5,9-11H2,1H3,(H,23,30)(H,24,25,28). The number of benzene rings is 1. The van der Waals surface area contributed by atoms with Gasteiger partial charge in [-0.25, -0.2) is 14.6 Å². The summed E-state index contributed by atoms with van der Waals surface area (Å²) < 4.78 is 6.65. The summed E-state index contributed by atoms with van der Waals surface area (Å²) in [4.78, 5) is 58.7. The SMILES string of the molecule is Cc1cccc2[nH]c(=O)n(CCCC3CN(c4ccc5c(n4)NC(=O)CS5)C(=O)O3)c(=O)c12. The van der Waals surface area contributed by atoms with E-state index in [1.54, 1.807) is 18.2 Å². The number of hydrogen-bond donors (Lipinski definition) is 2. The molecule has 5 rings (SSSR count). The highest BCUT2D eigenvalue weighted by Crippen LogP contribution is 2.32. The van der Waals surface area contributed by atoms with Crippen molar-refractivity contribution in [3.63, 3.8) is 0 Å². The number of hydrogen-bond acceptors (Lipinski definition) is 7. The Morgan fingerprint density at radius 1 is 1.18 bits per heavy atom. The van der Waals surface area contributed by atoms with E-state index in [1.807, 2.05) is 19.1 Å². The monoisotopic (exact) mass is 467 g/mol. The number of pyridine rings is 1. The van der Waals surface area contributed by atoms with Crippen LogP contribution in [0, 0.1) is 6.92 Å². The number of carbonyl (C=O) groups excluding carboxylic acids is 2. The largest absolute Gasteiger partial charge is 0.444 e. The van der Waals surface area contributed by atoms with E-state index < -0.39 is 17.9 Å². The number of ether oxygens (including phenoxy) is 1. The Kier molecular flexibility index (Phi) is 5.41. The second-order valence-electron chi connectivity index (χ2n) is 8.00. The lowest BCUT2D eigenvalue weighted by atomic mass is 10.1. The van der Waals surface area contributed by atoms with Gasteiger partial charge in [0, 0.05) is 6.54 Å². The minimum atomic E-state index is -0.515. The fraction of sp³-hybridized carbons (Fsp3) is 0.318. The van der Waals surface area contributed by atoms with Gasteiger partial charge in [0.15, 0.2) is 0 Å². The van der Waals surface area contributed by atoms with E-state index in [-0.39, 0.29) is 18.0 Å². The second-order valence-corrected chi connectivity index (χ2v) is 9.01. The average molecular weight is 468 g/mol. The van der Waals surface area contributed by atoms with Crippen molar-refractivity contribution in [3.8, 4) is 0 Å².